The first-order chi connectivity index (χ1) is 45.9. The Labute approximate surface area is 557 Å². The Bertz CT molecular complexity index is 5630. The Kier molecular flexibility index (Phi) is 12.2. The van der Waals surface area contributed by atoms with Gasteiger partial charge in [0, 0.05) is 80.7 Å². The van der Waals surface area contributed by atoms with Crippen LogP contribution in [-0.2, 0) is 10.8 Å². The molecule has 0 bridgehead atoms. The van der Waals surface area contributed by atoms with Crippen molar-refractivity contribution in [3.05, 3.63) is 278 Å². The molecule has 13 aromatic carbocycles. The summed E-state index contributed by atoms with van der Waals surface area (Å²) in [5, 5.41) is 4.48. The van der Waals surface area contributed by atoms with Gasteiger partial charge in [-0.3, -0.25) is 0 Å². The molecule has 94 heavy (non-hydrogen) atoms. The Hall–Kier alpha value is -10.1. The molecule has 0 saturated carbocycles. The molecule has 19 rings (SSSR count). The van der Waals surface area contributed by atoms with Crippen molar-refractivity contribution in [1.82, 2.24) is 0 Å². The van der Waals surface area contributed by atoms with Crippen LogP contribution in [0.1, 0.15) is 52.7 Å². The summed E-state index contributed by atoms with van der Waals surface area (Å²) < 4.78 is 13.4. The molecule has 2 aromatic heterocycles. The lowest BCUT2D eigenvalue weighted by Gasteiger charge is -2.45. The molecule has 0 N–H and O–H groups in total. The Balaban J connectivity index is 0.965. The minimum atomic E-state index is -0.130. The maximum atomic E-state index is 6.71. The Morgan fingerprint density at radius 1 is 0.309 bits per heavy atom. The van der Waals surface area contributed by atoms with E-state index < -0.39 is 0 Å². The van der Waals surface area contributed by atoms with E-state index in [9.17, 15) is 0 Å². The first kappa shape index (κ1) is 55.5. The van der Waals surface area contributed by atoms with Crippen molar-refractivity contribution < 1.29 is 8.83 Å². The van der Waals surface area contributed by atoms with Crippen molar-refractivity contribution in [2.75, 3.05) is 9.80 Å². The van der Waals surface area contributed by atoms with Crippen LogP contribution in [0.25, 0.3) is 88.4 Å². The normalized spacial score (nSPS) is 13.7. The number of benzene rings is 13. The van der Waals surface area contributed by atoms with Crippen LogP contribution in [-0.4, -0.2) is 13.4 Å². The maximum Gasteiger partial charge on any atom is 0.249 e. The van der Waals surface area contributed by atoms with Gasteiger partial charge in [0.1, 0.15) is 22.3 Å². The first-order valence-electron chi connectivity index (χ1n) is 32.8. The highest BCUT2D eigenvalue weighted by Crippen LogP contribution is 2.54. The lowest BCUT2D eigenvalue weighted by molar-refractivity contribution is 0.588. The molecule has 0 spiro atoms. The van der Waals surface area contributed by atoms with Crippen LogP contribution in [0.2, 0.25) is 0 Å². The van der Waals surface area contributed by atoms with E-state index in [4.69, 9.17) is 8.83 Å². The fraction of sp³-hybridized carbons (Fsp3) is 0.0930. The van der Waals surface area contributed by atoms with Gasteiger partial charge in [-0.2, -0.15) is 0 Å². The number of nitrogens with zero attached hydrogens (tertiary/aromatic N) is 2. The Morgan fingerprint density at radius 2 is 0.723 bits per heavy atom. The number of hydrogen-bond donors (Lipinski definition) is 0. The summed E-state index contributed by atoms with van der Waals surface area (Å²) in [6.07, 6.45) is 0. The summed E-state index contributed by atoms with van der Waals surface area (Å²) in [4.78, 5) is 10.4. The summed E-state index contributed by atoms with van der Waals surface area (Å²) in [5.41, 5.74) is 30.0. The van der Waals surface area contributed by atoms with Crippen molar-refractivity contribution in [3.8, 4) is 44.5 Å². The van der Waals surface area contributed by atoms with Crippen LogP contribution in [0.4, 0.5) is 34.1 Å². The van der Waals surface area contributed by atoms with Gasteiger partial charge in [-0.05, 0) is 156 Å². The van der Waals surface area contributed by atoms with E-state index in [1.807, 2.05) is 23.5 Å². The third kappa shape index (κ3) is 8.44. The van der Waals surface area contributed by atoms with Crippen molar-refractivity contribution >= 4 is 148 Å². The fourth-order valence-corrected chi connectivity index (χ4v) is 18.3. The number of para-hydroxylation sites is 4. The molecule has 0 unspecified atom stereocenters. The van der Waals surface area contributed by atoms with Gasteiger partial charge in [0.05, 0.1) is 5.69 Å². The second-order valence-corrected chi connectivity index (χ2v) is 30.0. The van der Waals surface area contributed by atoms with Gasteiger partial charge in [-0.1, -0.05) is 264 Å². The Morgan fingerprint density at radius 3 is 1.21 bits per heavy atom. The van der Waals surface area contributed by atoms with Gasteiger partial charge >= 0.3 is 0 Å². The number of rotatable bonds is 6. The van der Waals surface area contributed by atoms with Crippen LogP contribution in [0.15, 0.2) is 295 Å². The first-order valence-corrected chi connectivity index (χ1v) is 34.4. The van der Waals surface area contributed by atoms with Crippen LogP contribution in [0.3, 0.4) is 0 Å². The van der Waals surface area contributed by atoms with Gasteiger partial charge in [-0.15, -0.1) is 0 Å². The van der Waals surface area contributed by atoms with E-state index in [0.717, 1.165) is 117 Å². The van der Waals surface area contributed by atoms with Crippen molar-refractivity contribution in [2.45, 2.75) is 72.0 Å². The minimum Gasteiger partial charge on any atom is -0.456 e. The lowest BCUT2D eigenvalue weighted by atomic mass is 9.31. The van der Waals surface area contributed by atoms with Gasteiger partial charge in [-0.25, -0.2) is 0 Å². The molecule has 0 radical (unpaired) electrons. The number of fused-ring (bicyclic) bond motifs is 14. The molecule has 0 aliphatic carbocycles. The molecule has 0 atom stereocenters. The van der Waals surface area contributed by atoms with E-state index in [1.165, 1.54) is 69.2 Å². The van der Waals surface area contributed by atoms with Gasteiger partial charge in [0.25, 0.3) is 0 Å². The predicted octanol–water partition coefficient (Wildman–Crippen LogP) is 20.3. The zero-order chi connectivity index (χ0) is 62.9. The highest BCUT2D eigenvalue weighted by Gasteiger charge is 2.48. The second-order valence-electron chi connectivity index (χ2n) is 27.9. The molecule has 0 amide bonds. The molecule has 0 fully saturated rings. The summed E-state index contributed by atoms with van der Waals surface area (Å²) >= 11 is 3.87. The minimum absolute atomic E-state index is 0.0599. The summed E-state index contributed by atoms with van der Waals surface area (Å²) in [7, 11) is 0. The molecule has 4 nitrogen and oxygen atoms in total. The zero-order valence-electron chi connectivity index (χ0n) is 53.1. The van der Waals surface area contributed by atoms with Gasteiger partial charge in [0.2, 0.25) is 13.4 Å². The number of furan rings is 2. The molecule has 8 heteroatoms. The zero-order valence-corrected chi connectivity index (χ0v) is 54.7. The van der Waals surface area contributed by atoms with E-state index in [1.54, 1.807) is 0 Å². The van der Waals surface area contributed by atoms with E-state index in [-0.39, 0.29) is 24.3 Å². The second kappa shape index (κ2) is 20.7. The molecule has 446 valence electrons. The monoisotopic (exact) mass is 1240 g/mol. The quantitative estimate of drug-likeness (QED) is 0.154. The average molecular weight is 1240 g/mol. The van der Waals surface area contributed by atoms with Crippen LogP contribution < -0.4 is 42.6 Å². The topological polar surface area (TPSA) is 32.8 Å². The summed E-state index contributed by atoms with van der Waals surface area (Å²) in [5.74, 6) is 0. The molecule has 15 aromatic rings. The van der Waals surface area contributed by atoms with Crippen LogP contribution >= 0.6 is 23.5 Å². The SMILES string of the molecule is CC(C)(C)c1ccc2c(c1)Sc1cc(-c3cccc4oc5ccccc5c34)cc3c1B2c1cc2c(cc1N3c1ccccc1)N(c1c(-c3ccccc3)cccc1-c1ccccc1)c1cc(-c3cccc4oc5ccccc5c34)cc3c1B2c1ccc(C(C)(C)C)cc1S3. The van der Waals surface area contributed by atoms with E-state index in [2.05, 4.69) is 318 Å². The molecular formula is C86H62B2N2O2S2. The van der Waals surface area contributed by atoms with Crippen molar-refractivity contribution in [1.29, 1.82) is 0 Å². The van der Waals surface area contributed by atoms with Gasteiger partial charge < -0.3 is 18.6 Å². The third-order valence-electron chi connectivity index (χ3n) is 20.3. The molecule has 0 saturated heterocycles. The fourth-order valence-electron chi connectivity index (χ4n) is 15.8. The van der Waals surface area contributed by atoms with Crippen LogP contribution in [0.5, 0.6) is 0 Å². The average Bonchev–Trinajstić information content (AvgIpc) is 0.896. The summed E-state index contributed by atoms with van der Waals surface area (Å²) in [6, 6.07) is 101. The smallest absolute Gasteiger partial charge is 0.249 e. The van der Waals surface area contributed by atoms with Gasteiger partial charge in [0.15, 0.2) is 0 Å². The van der Waals surface area contributed by atoms with E-state index in [0.29, 0.717) is 0 Å². The third-order valence-corrected chi connectivity index (χ3v) is 22.5. The largest absolute Gasteiger partial charge is 0.456 e. The predicted molar refractivity (Wildman–Crippen MR) is 400 cm³/mol. The highest BCUT2D eigenvalue weighted by atomic mass is 32.2. The maximum absolute atomic E-state index is 6.71. The summed E-state index contributed by atoms with van der Waals surface area (Å²) in [6.45, 7) is 13.8. The van der Waals surface area contributed by atoms with E-state index >= 15 is 0 Å². The van der Waals surface area contributed by atoms with Crippen molar-refractivity contribution in [2.24, 2.45) is 0 Å². The molecule has 4 aliphatic rings. The number of anilines is 6. The standard InChI is InChI=1S/C86H62B2N2O2S2/c1-85(2,3)55-39-41-64-76(47-55)93-78-45-53(58-31-21-37-74-80(58)62-29-16-18-35-72(62)91-74)43-70-82(78)87(64)66-49-67-69(50-68(66)89(70)57-27-14-9-15-28-57)90(84-60(51-23-10-7-11-24-51)33-20-34-61(84)52-25-12-8-13-26-52)71-44-54(59-32-22-38-75-81(59)63-30-17-19-36-73(63)92-75)46-79-83(71)88(67)65-42-40-56(86(4,5)6)48-77(65)94-79/h7-50H,1-6H3. The highest BCUT2D eigenvalue weighted by molar-refractivity contribution is 8.00. The lowest BCUT2D eigenvalue weighted by Crippen LogP contribution is -2.64. The van der Waals surface area contributed by atoms with Crippen LogP contribution in [0, 0.1) is 0 Å². The molecule has 4 aliphatic heterocycles. The number of hydrogen-bond acceptors (Lipinski definition) is 6. The molecular weight excluding hydrogens is 1180 g/mol. The molecule has 6 heterocycles. The van der Waals surface area contributed by atoms with Crippen molar-refractivity contribution in [3.63, 3.8) is 0 Å².